The average Bonchev–Trinajstić information content (AvgIpc) is 2.86. The first kappa shape index (κ1) is 23.2. The van der Waals surface area contributed by atoms with Crippen molar-refractivity contribution in [2.45, 2.75) is 44.4 Å². The molecule has 2 heterocycles. The first-order valence-electron chi connectivity index (χ1n) is 9.39. The van der Waals surface area contributed by atoms with Crippen molar-refractivity contribution in [3.63, 3.8) is 0 Å². The molecular weight excluding hydrogens is 375 g/mol. The molecule has 3 aliphatic rings. The molecule has 3 amide bonds. The Labute approximate surface area is 186 Å². The molecule has 0 radical (unpaired) electrons. The molecule has 0 aromatic rings. The van der Waals surface area contributed by atoms with Crippen LogP contribution in [0.4, 0.5) is 4.79 Å². The minimum Gasteiger partial charge on any atom is -0.543 e. The van der Waals surface area contributed by atoms with E-state index in [-0.39, 0.29) is 59.2 Å². The predicted molar refractivity (Wildman–Crippen MR) is 94.1 cm³/mol. The summed E-state index contributed by atoms with van der Waals surface area (Å²) in [6.07, 6.45) is 1.30. The molecule has 2 fully saturated rings. The van der Waals surface area contributed by atoms with Crippen LogP contribution in [0.2, 0.25) is 0 Å². The number of nitrogens with one attached hydrogen (secondary N) is 2. The second-order valence-electron chi connectivity index (χ2n) is 7.85. The van der Waals surface area contributed by atoms with Crippen LogP contribution in [0, 0.1) is 11.8 Å². The SMILES string of the molecule is CC(O)[C@H]1C(=O)N2C(C(=O)[O-])=C3[C@@H](NC(=O)NCCN(C)C)CCC[C@@H]3[C@H]12.[Na+]. The number of aliphatic carboxylic acids is 1. The van der Waals surface area contributed by atoms with E-state index in [0.29, 0.717) is 25.1 Å². The fourth-order valence-electron chi connectivity index (χ4n) is 4.63. The molecule has 10 heteroatoms. The standard InChI is InChI=1S/C18H28N4O5.Na/c1-9(23)12-14-10-5-4-6-11(20-18(27)19-7-8-21(2)3)13(10)15(17(25)26)22(14)16(12)24;/h9-12,14,23H,4-8H2,1-3H3,(H,25,26)(H2,19,20,27);/q;+1/p-1/t9?,10-,11-,12+,14+;/m0./s1. The number of aliphatic hydroxyl groups excluding tert-OH is 1. The van der Waals surface area contributed by atoms with Gasteiger partial charge in [0.05, 0.1) is 35.8 Å². The third-order valence-electron chi connectivity index (χ3n) is 5.76. The van der Waals surface area contributed by atoms with E-state index in [1.807, 2.05) is 19.0 Å². The van der Waals surface area contributed by atoms with Gasteiger partial charge in [0, 0.05) is 19.0 Å². The van der Waals surface area contributed by atoms with Crippen LogP contribution in [0.3, 0.4) is 0 Å². The molecule has 0 spiro atoms. The van der Waals surface area contributed by atoms with Crippen LogP contribution in [0.1, 0.15) is 26.2 Å². The summed E-state index contributed by atoms with van der Waals surface area (Å²) >= 11 is 0. The van der Waals surface area contributed by atoms with E-state index in [2.05, 4.69) is 10.6 Å². The third-order valence-corrected chi connectivity index (χ3v) is 5.76. The number of rotatable bonds is 6. The summed E-state index contributed by atoms with van der Waals surface area (Å²) < 4.78 is 0. The monoisotopic (exact) mass is 402 g/mol. The van der Waals surface area contributed by atoms with Crippen LogP contribution in [0.25, 0.3) is 0 Å². The van der Waals surface area contributed by atoms with Gasteiger partial charge in [0.1, 0.15) is 0 Å². The molecule has 2 aliphatic heterocycles. The Balaban J connectivity index is 0.00000280. The van der Waals surface area contributed by atoms with Crippen molar-refractivity contribution in [1.82, 2.24) is 20.4 Å². The summed E-state index contributed by atoms with van der Waals surface area (Å²) in [5, 5.41) is 27.4. The minimum atomic E-state index is -1.41. The van der Waals surface area contributed by atoms with Crippen molar-refractivity contribution in [2.75, 3.05) is 27.2 Å². The van der Waals surface area contributed by atoms with Crippen molar-refractivity contribution >= 4 is 17.9 Å². The second kappa shape index (κ2) is 9.13. The quantitative estimate of drug-likeness (QED) is 0.303. The van der Waals surface area contributed by atoms with Gasteiger partial charge in [-0.05, 0) is 39.4 Å². The number of carboxylic acid groups (broad SMARTS) is 1. The van der Waals surface area contributed by atoms with E-state index in [1.54, 1.807) is 6.92 Å². The maximum Gasteiger partial charge on any atom is 1.00 e. The number of likely N-dealkylation sites (N-methyl/N-ethyl adjacent to an activating group) is 1. The van der Waals surface area contributed by atoms with Gasteiger partial charge >= 0.3 is 35.6 Å². The van der Waals surface area contributed by atoms with Crippen molar-refractivity contribution in [3.8, 4) is 0 Å². The van der Waals surface area contributed by atoms with E-state index < -0.39 is 24.0 Å². The fourth-order valence-corrected chi connectivity index (χ4v) is 4.63. The number of carboxylic acids is 1. The van der Waals surface area contributed by atoms with E-state index >= 15 is 0 Å². The Morgan fingerprint density at radius 2 is 2.04 bits per heavy atom. The van der Waals surface area contributed by atoms with E-state index in [1.165, 1.54) is 4.90 Å². The van der Waals surface area contributed by atoms with Gasteiger partial charge in [0.2, 0.25) is 5.91 Å². The molecule has 3 N–H and O–H groups in total. The molecule has 1 saturated carbocycles. The van der Waals surface area contributed by atoms with Crippen LogP contribution in [-0.4, -0.2) is 78.2 Å². The molecule has 1 saturated heterocycles. The van der Waals surface area contributed by atoms with Gasteiger partial charge in [-0.15, -0.1) is 0 Å². The predicted octanol–water partition coefficient (Wildman–Crippen LogP) is -4.75. The topological polar surface area (TPSA) is 125 Å². The number of β-lactam (4-membered cyclic amide) rings is 1. The third kappa shape index (κ3) is 4.09. The molecular formula is C18H27N4NaO5. The molecule has 3 rings (SSSR count). The maximum atomic E-state index is 12.4. The first-order valence-corrected chi connectivity index (χ1v) is 9.39. The summed E-state index contributed by atoms with van der Waals surface area (Å²) in [6, 6.07) is -1.17. The van der Waals surface area contributed by atoms with Crippen LogP contribution in [-0.2, 0) is 9.59 Å². The smallest absolute Gasteiger partial charge is 0.543 e. The Hall–Kier alpha value is -1.13. The molecule has 1 unspecified atom stereocenters. The zero-order valence-corrected chi connectivity index (χ0v) is 18.9. The number of fused-ring (bicyclic) bond motifs is 3. The number of urea groups is 1. The largest absolute Gasteiger partial charge is 1.00 e. The van der Waals surface area contributed by atoms with Crippen LogP contribution >= 0.6 is 0 Å². The molecule has 5 atom stereocenters. The molecule has 0 aromatic carbocycles. The van der Waals surface area contributed by atoms with Crippen molar-refractivity contribution < 1.29 is 54.2 Å². The summed E-state index contributed by atoms with van der Waals surface area (Å²) in [5.74, 6) is -2.56. The average molecular weight is 402 g/mol. The number of hydrogen-bond acceptors (Lipinski definition) is 6. The zero-order valence-electron chi connectivity index (χ0n) is 16.9. The van der Waals surface area contributed by atoms with Crippen LogP contribution in [0.15, 0.2) is 11.3 Å². The van der Waals surface area contributed by atoms with E-state index in [9.17, 15) is 24.6 Å². The molecule has 0 aromatic heterocycles. The fraction of sp³-hybridized carbons (Fsp3) is 0.722. The molecule has 0 bridgehead atoms. The van der Waals surface area contributed by atoms with Gasteiger partial charge in [0.25, 0.3) is 0 Å². The van der Waals surface area contributed by atoms with Crippen LogP contribution in [0.5, 0.6) is 0 Å². The van der Waals surface area contributed by atoms with Crippen molar-refractivity contribution in [1.29, 1.82) is 0 Å². The molecule has 1 aliphatic carbocycles. The Bertz CT molecular complexity index is 681. The van der Waals surface area contributed by atoms with Gasteiger partial charge in [-0.2, -0.15) is 0 Å². The summed E-state index contributed by atoms with van der Waals surface area (Å²) in [7, 11) is 3.81. The van der Waals surface area contributed by atoms with Crippen molar-refractivity contribution in [2.24, 2.45) is 11.8 Å². The summed E-state index contributed by atoms with van der Waals surface area (Å²) in [6.45, 7) is 2.71. The molecule has 28 heavy (non-hydrogen) atoms. The molecule has 9 nitrogen and oxygen atoms in total. The molecule has 150 valence electrons. The first-order chi connectivity index (χ1) is 12.7. The minimum absolute atomic E-state index is 0. The summed E-state index contributed by atoms with van der Waals surface area (Å²) in [5.41, 5.74) is 0.440. The Kier molecular flexibility index (Phi) is 7.55. The van der Waals surface area contributed by atoms with Gasteiger partial charge in [0.15, 0.2) is 0 Å². The number of aliphatic hydroxyl groups is 1. The second-order valence-corrected chi connectivity index (χ2v) is 7.85. The van der Waals surface area contributed by atoms with E-state index in [0.717, 1.165) is 12.8 Å². The van der Waals surface area contributed by atoms with Gasteiger partial charge in [-0.25, -0.2) is 4.79 Å². The van der Waals surface area contributed by atoms with Gasteiger partial charge < -0.3 is 35.4 Å². The Morgan fingerprint density at radius 3 is 2.61 bits per heavy atom. The number of nitrogens with zero attached hydrogens (tertiary/aromatic N) is 2. The maximum absolute atomic E-state index is 12.4. The number of carbonyl (C=O) groups is 3. The van der Waals surface area contributed by atoms with E-state index in [4.69, 9.17) is 0 Å². The zero-order chi connectivity index (χ0) is 19.9. The summed E-state index contributed by atoms with van der Waals surface area (Å²) in [4.78, 5) is 39.6. The normalized spacial score (nSPS) is 29.5. The van der Waals surface area contributed by atoms with Crippen LogP contribution < -0.4 is 45.3 Å². The Morgan fingerprint density at radius 1 is 1.36 bits per heavy atom. The number of carbonyl (C=O) groups excluding carboxylic acids is 3. The number of amides is 3. The van der Waals surface area contributed by atoms with Gasteiger partial charge in [-0.3, -0.25) is 4.79 Å². The van der Waals surface area contributed by atoms with Gasteiger partial charge in [-0.1, -0.05) is 6.42 Å². The number of hydrogen-bond donors (Lipinski definition) is 3. The van der Waals surface area contributed by atoms with Crippen molar-refractivity contribution in [3.05, 3.63) is 11.3 Å².